The van der Waals surface area contributed by atoms with Crippen LogP contribution in [-0.4, -0.2) is 31.7 Å². The van der Waals surface area contributed by atoms with Crippen LogP contribution in [0.4, 0.5) is 0 Å². The lowest BCUT2D eigenvalue weighted by atomic mass is 9.88. The number of benzene rings is 1. The van der Waals surface area contributed by atoms with Gasteiger partial charge in [-0.05, 0) is 43.4 Å². The average Bonchev–Trinajstić information content (AvgIpc) is 3.04. The normalized spacial score (nSPS) is 21.3. The Morgan fingerprint density at radius 1 is 1.26 bits per heavy atom. The van der Waals surface area contributed by atoms with Crippen molar-refractivity contribution in [1.29, 1.82) is 0 Å². The highest BCUT2D eigenvalue weighted by molar-refractivity contribution is 6.30. The first kappa shape index (κ1) is 16.7. The number of ether oxygens (including phenoxy) is 1. The molecule has 0 radical (unpaired) electrons. The maximum absolute atomic E-state index is 12.3. The molecular formula is C18H25ClN2O2. The van der Waals surface area contributed by atoms with Gasteiger partial charge in [0.1, 0.15) is 0 Å². The van der Waals surface area contributed by atoms with Gasteiger partial charge in [-0.2, -0.15) is 0 Å². The van der Waals surface area contributed by atoms with Crippen LogP contribution in [0.1, 0.15) is 44.1 Å². The first-order chi connectivity index (χ1) is 11.2. The van der Waals surface area contributed by atoms with Gasteiger partial charge >= 0.3 is 0 Å². The van der Waals surface area contributed by atoms with E-state index >= 15 is 0 Å². The Kier molecular flexibility index (Phi) is 5.57. The van der Waals surface area contributed by atoms with Gasteiger partial charge in [-0.15, -0.1) is 0 Å². The first-order valence-electron chi connectivity index (χ1n) is 8.56. The molecule has 0 unspecified atom stereocenters. The molecule has 1 saturated heterocycles. The summed E-state index contributed by atoms with van der Waals surface area (Å²) in [6, 6.07) is 8.27. The van der Waals surface area contributed by atoms with E-state index in [1.807, 2.05) is 18.2 Å². The second-order valence-corrected chi connectivity index (χ2v) is 7.04. The molecule has 2 fully saturated rings. The Labute approximate surface area is 142 Å². The van der Waals surface area contributed by atoms with Crippen molar-refractivity contribution >= 4 is 17.5 Å². The summed E-state index contributed by atoms with van der Waals surface area (Å²) in [5.74, 6) is 0.0743. The van der Waals surface area contributed by atoms with Gasteiger partial charge in [0.05, 0.1) is 6.54 Å². The number of nitrogens with one attached hydrogen (secondary N) is 2. The minimum atomic E-state index is -0.113. The SMILES string of the molecule is O=C(CNC1(c2cccc(Cl)c2)CCCC1)NC1CCOCC1. The standard InChI is InChI=1S/C18H25ClN2O2/c19-15-5-3-4-14(12-15)18(8-1-2-9-18)20-13-17(22)21-16-6-10-23-11-7-16/h3-5,12,16,20H,1-2,6-11,13H2,(H,21,22). The third-order valence-corrected chi connectivity index (χ3v) is 5.24. The molecule has 5 heteroatoms. The maximum atomic E-state index is 12.3. The fourth-order valence-electron chi connectivity index (χ4n) is 3.70. The predicted molar refractivity (Wildman–Crippen MR) is 91.6 cm³/mol. The zero-order chi connectivity index (χ0) is 16.1. The smallest absolute Gasteiger partial charge is 0.234 e. The van der Waals surface area contributed by atoms with Crippen molar-refractivity contribution in [2.45, 2.75) is 50.1 Å². The second-order valence-electron chi connectivity index (χ2n) is 6.61. The van der Waals surface area contributed by atoms with Crippen molar-refractivity contribution in [3.05, 3.63) is 34.9 Å². The van der Waals surface area contributed by atoms with Gasteiger partial charge in [-0.3, -0.25) is 10.1 Å². The number of halogens is 1. The topological polar surface area (TPSA) is 50.4 Å². The van der Waals surface area contributed by atoms with E-state index in [1.165, 1.54) is 18.4 Å². The number of hydrogen-bond donors (Lipinski definition) is 2. The van der Waals surface area contributed by atoms with E-state index < -0.39 is 0 Å². The Morgan fingerprint density at radius 3 is 2.70 bits per heavy atom. The molecule has 0 bridgehead atoms. The third-order valence-electron chi connectivity index (χ3n) is 5.01. The molecule has 2 aliphatic rings. The van der Waals surface area contributed by atoms with Crippen LogP contribution < -0.4 is 10.6 Å². The van der Waals surface area contributed by atoms with Crippen molar-refractivity contribution in [3.8, 4) is 0 Å². The highest BCUT2D eigenvalue weighted by atomic mass is 35.5. The van der Waals surface area contributed by atoms with E-state index in [0.29, 0.717) is 6.54 Å². The van der Waals surface area contributed by atoms with E-state index in [-0.39, 0.29) is 17.5 Å². The van der Waals surface area contributed by atoms with Crippen LogP contribution in [0.5, 0.6) is 0 Å². The zero-order valence-corrected chi connectivity index (χ0v) is 14.2. The number of rotatable bonds is 5. The molecular weight excluding hydrogens is 312 g/mol. The molecule has 0 aromatic heterocycles. The summed E-state index contributed by atoms with van der Waals surface area (Å²) in [5.41, 5.74) is 1.08. The Morgan fingerprint density at radius 2 is 2.00 bits per heavy atom. The Balaban J connectivity index is 1.60. The summed E-state index contributed by atoms with van der Waals surface area (Å²) in [6.45, 7) is 1.83. The van der Waals surface area contributed by atoms with Crippen molar-refractivity contribution < 1.29 is 9.53 Å². The lowest BCUT2D eigenvalue weighted by molar-refractivity contribution is -0.121. The van der Waals surface area contributed by atoms with E-state index in [4.69, 9.17) is 16.3 Å². The number of amides is 1. The van der Waals surface area contributed by atoms with Gasteiger partial charge in [0.15, 0.2) is 0 Å². The third kappa shape index (κ3) is 4.25. The summed E-state index contributed by atoms with van der Waals surface area (Å²) in [4.78, 5) is 12.3. The molecule has 1 aliphatic heterocycles. The summed E-state index contributed by atoms with van der Waals surface area (Å²) < 4.78 is 5.33. The average molecular weight is 337 g/mol. The van der Waals surface area contributed by atoms with Crippen LogP contribution in [0, 0.1) is 0 Å². The van der Waals surface area contributed by atoms with Gasteiger partial charge in [0.25, 0.3) is 0 Å². The number of carbonyl (C=O) groups excluding carboxylic acids is 1. The summed E-state index contributed by atoms with van der Waals surface area (Å²) >= 11 is 6.16. The summed E-state index contributed by atoms with van der Waals surface area (Å²) in [5, 5.41) is 7.39. The molecule has 0 spiro atoms. The molecule has 4 nitrogen and oxygen atoms in total. The highest BCUT2D eigenvalue weighted by Crippen LogP contribution is 2.39. The fourth-order valence-corrected chi connectivity index (χ4v) is 3.89. The van der Waals surface area contributed by atoms with E-state index in [2.05, 4.69) is 16.7 Å². The van der Waals surface area contributed by atoms with Gasteiger partial charge in [0, 0.05) is 29.8 Å². The minimum Gasteiger partial charge on any atom is -0.381 e. The van der Waals surface area contributed by atoms with Gasteiger partial charge in [-0.25, -0.2) is 0 Å². The molecule has 1 saturated carbocycles. The molecule has 0 atom stereocenters. The summed E-state index contributed by atoms with van der Waals surface area (Å²) in [7, 11) is 0. The van der Waals surface area contributed by atoms with Gasteiger partial charge < -0.3 is 10.1 Å². The molecule has 23 heavy (non-hydrogen) atoms. The lowest BCUT2D eigenvalue weighted by Crippen LogP contribution is -2.48. The zero-order valence-electron chi connectivity index (χ0n) is 13.4. The maximum Gasteiger partial charge on any atom is 0.234 e. The Bertz CT molecular complexity index is 538. The van der Waals surface area contributed by atoms with E-state index in [0.717, 1.165) is 43.9 Å². The predicted octanol–water partition coefficient (Wildman–Crippen LogP) is 2.99. The van der Waals surface area contributed by atoms with Crippen molar-refractivity contribution in [3.63, 3.8) is 0 Å². The molecule has 1 amide bonds. The van der Waals surface area contributed by atoms with Crippen LogP contribution in [0.2, 0.25) is 5.02 Å². The van der Waals surface area contributed by atoms with Crippen LogP contribution >= 0.6 is 11.6 Å². The monoisotopic (exact) mass is 336 g/mol. The molecule has 1 aliphatic carbocycles. The fraction of sp³-hybridized carbons (Fsp3) is 0.611. The van der Waals surface area contributed by atoms with E-state index in [1.54, 1.807) is 0 Å². The van der Waals surface area contributed by atoms with Crippen molar-refractivity contribution in [2.75, 3.05) is 19.8 Å². The molecule has 1 aromatic rings. The molecule has 1 aromatic carbocycles. The summed E-state index contributed by atoms with van der Waals surface area (Å²) in [6.07, 6.45) is 6.29. The van der Waals surface area contributed by atoms with Crippen LogP contribution in [0.25, 0.3) is 0 Å². The van der Waals surface area contributed by atoms with Crippen LogP contribution in [-0.2, 0) is 15.1 Å². The number of hydrogen-bond acceptors (Lipinski definition) is 3. The van der Waals surface area contributed by atoms with Crippen LogP contribution in [0.15, 0.2) is 24.3 Å². The minimum absolute atomic E-state index is 0.0743. The molecule has 126 valence electrons. The van der Waals surface area contributed by atoms with Crippen molar-refractivity contribution in [1.82, 2.24) is 10.6 Å². The Hall–Kier alpha value is -1.10. The first-order valence-corrected chi connectivity index (χ1v) is 8.94. The van der Waals surface area contributed by atoms with E-state index in [9.17, 15) is 4.79 Å². The molecule has 1 heterocycles. The van der Waals surface area contributed by atoms with Crippen molar-refractivity contribution in [2.24, 2.45) is 0 Å². The molecule has 2 N–H and O–H groups in total. The highest BCUT2D eigenvalue weighted by Gasteiger charge is 2.35. The van der Waals surface area contributed by atoms with Gasteiger partial charge in [0.2, 0.25) is 5.91 Å². The largest absolute Gasteiger partial charge is 0.381 e. The molecule has 3 rings (SSSR count). The second kappa shape index (κ2) is 7.65. The quantitative estimate of drug-likeness (QED) is 0.869. The van der Waals surface area contributed by atoms with Gasteiger partial charge in [-0.1, -0.05) is 36.6 Å². The number of carbonyl (C=O) groups is 1. The lowest BCUT2D eigenvalue weighted by Gasteiger charge is -2.32. The van der Waals surface area contributed by atoms with Crippen LogP contribution in [0.3, 0.4) is 0 Å².